The van der Waals surface area contributed by atoms with Crippen molar-refractivity contribution in [1.29, 1.82) is 0 Å². The molecule has 3 heterocycles. The number of rotatable bonds is 3. The van der Waals surface area contributed by atoms with Crippen LogP contribution in [0.3, 0.4) is 0 Å². The summed E-state index contributed by atoms with van der Waals surface area (Å²) in [6, 6.07) is 6.76. The Morgan fingerprint density at radius 3 is 2.74 bits per heavy atom. The fraction of sp³-hybridized carbons (Fsp3) is 0.654. The molecule has 3 aliphatic heterocycles. The minimum atomic E-state index is -0.198. The molecule has 0 N–H and O–H groups in total. The fourth-order valence-electron chi connectivity index (χ4n) is 7.25. The van der Waals surface area contributed by atoms with Crippen LogP contribution >= 0.6 is 0 Å². The van der Waals surface area contributed by atoms with Crippen molar-refractivity contribution in [2.75, 3.05) is 26.2 Å². The van der Waals surface area contributed by atoms with Crippen molar-refractivity contribution in [3.8, 4) is 0 Å². The third-order valence-electron chi connectivity index (χ3n) is 9.04. The van der Waals surface area contributed by atoms with E-state index in [2.05, 4.69) is 17.9 Å². The highest BCUT2D eigenvalue weighted by Crippen LogP contribution is 2.62. The second kappa shape index (κ2) is 7.14. The number of carbonyl (C=O) groups is 1. The third-order valence-corrected chi connectivity index (χ3v) is 9.04. The quantitative estimate of drug-likeness (QED) is 0.530. The fourth-order valence-corrected chi connectivity index (χ4v) is 7.25. The Labute approximate surface area is 183 Å². The summed E-state index contributed by atoms with van der Waals surface area (Å²) in [5.41, 5.74) is 2.72. The zero-order valence-electron chi connectivity index (χ0n) is 18.3. The lowest BCUT2D eigenvalue weighted by Crippen LogP contribution is -2.51. The average Bonchev–Trinajstić information content (AvgIpc) is 3.46. The highest BCUT2D eigenvalue weighted by atomic mass is 19.1. The van der Waals surface area contributed by atoms with Gasteiger partial charge in [-0.3, -0.25) is 9.69 Å². The molecule has 0 radical (unpaired) electrons. The van der Waals surface area contributed by atoms with Gasteiger partial charge in [-0.2, -0.15) is 0 Å². The van der Waals surface area contributed by atoms with Crippen LogP contribution in [0.15, 0.2) is 30.3 Å². The molecule has 0 amide bonds. The topological polar surface area (TPSA) is 42.1 Å². The number of carbonyl (C=O) groups excluding carboxylic acids is 1. The number of halogens is 1. The lowest BCUT2D eigenvalue weighted by Gasteiger charge is -2.51. The van der Waals surface area contributed by atoms with Crippen molar-refractivity contribution < 1.29 is 18.7 Å². The van der Waals surface area contributed by atoms with Crippen LogP contribution in [0, 0.1) is 29.0 Å². The minimum Gasteiger partial charge on any atom is -0.462 e. The number of esters is 1. The van der Waals surface area contributed by atoms with Crippen molar-refractivity contribution >= 4 is 11.5 Å². The molecule has 0 aromatic heterocycles. The molecule has 1 aromatic carbocycles. The van der Waals surface area contributed by atoms with E-state index in [1.807, 2.05) is 12.1 Å². The Morgan fingerprint density at radius 1 is 1.23 bits per heavy atom. The molecule has 1 aromatic rings. The SMILES string of the molecule is C[C@]12CCC[C@@]3(CO3)[C@@H]1C[C@@H]1[C@@H](C2)OC(=O)[C@@H]1CN1CC=C(c2ccc(F)cc2)CC1. The highest BCUT2D eigenvalue weighted by Gasteiger charge is 2.65. The molecule has 166 valence electrons. The van der Waals surface area contributed by atoms with E-state index in [1.165, 1.54) is 37.0 Å². The van der Waals surface area contributed by atoms with E-state index in [0.29, 0.717) is 11.8 Å². The van der Waals surface area contributed by atoms with Gasteiger partial charge in [0.1, 0.15) is 11.9 Å². The molecule has 5 aliphatic rings. The van der Waals surface area contributed by atoms with E-state index < -0.39 is 0 Å². The first-order valence-electron chi connectivity index (χ1n) is 12.0. The molecule has 2 aliphatic carbocycles. The second-order valence-electron chi connectivity index (χ2n) is 10.8. The predicted molar refractivity (Wildman–Crippen MR) is 116 cm³/mol. The van der Waals surface area contributed by atoms with Crippen LogP contribution in [0.25, 0.3) is 5.57 Å². The van der Waals surface area contributed by atoms with Crippen molar-refractivity contribution in [1.82, 2.24) is 4.90 Å². The second-order valence-corrected chi connectivity index (χ2v) is 10.8. The molecule has 2 saturated carbocycles. The molecule has 4 nitrogen and oxygen atoms in total. The van der Waals surface area contributed by atoms with E-state index in [1.54, 1.807) is 0 Å². The molecular formula is C26H32FNO3. The summed E-state index contributed by atoms with van der Waals surface area (Å²) < 4.78 is 25.2. The van der Waals surface area contributed by atoms with Crippen LogP contribution in [-0.2, 0) is 14.3 Å². The van der Waals surface area contributed by atoms with Gasteiger partial charge in [0, 0.05) is 25.6 Å². The standard InChI is InChI=1S/C26H32FNO3/c1-25-9-2-10-26(16-30-26)23(25)13-20-21(24(29)31-22(20)14-25)15-28-11-7-18(8-12-28)17-3-5-19(27)6-4-17/h3-7,20-23H,2,8-16H2,1H3/t20-,21+,22+,23+,25+,26+/m0/s1. The van der Waals surface area contributed by atoms with Gasteiger partial charge in [0.2, 0.25) is 0 Å². The van der Waals surface area contributed by atoms with Gasteiger partial charge in [-0.25, -0.2) is 4.39 Å². The lowest BCUT2D eigenvalue weighted by molar-refractivity contribution is -0.147. The lowest BCUT2D eigenvalue weighted by atomic mass is 9.53. The largest absolute Gasteiger partial charge is 0.462 e. The summed E-state index contributed by atoms with van der Waals surface area (Å²) in [4.78, 5) is 15.3. The van der Waals surface area contributed by atoms with Crippen LogP contribution in [0.1, 0.15) is 51.0 Å². The van der Waals surface area contributed by atoms with Gasteiger partial charge < -0.3 is 9.47 Å². The van der Waals surface area contributed by atoms with Gasteiger partial charge in [-0.05, 0) is 73.1 Å². The Kier molecular flexibility index (Phi) is 4.59. The summed E-state index contributed by atoms with van der Waals surface area (Å²) in [6.07, 6.45) is 8.98. The molecule has 5 heteroatoms. The van der Waals surface area contributed by atoms with Crippen molar-refractivity contribution in [3.05, 3.63) is 41.7 Å². The number of nitrogens with zero attached hydrogens (tertiary/aromatic N) is 1. The molecule has 1 spiro atoms. The summed E-state index contributed by atoms with van der Waals surface area (Å²) in [7, 11) is 0. The Hall–Kier alpha value is -1.72. The van der Waals surface area contributed by atoms with E-state index in [4.69, 9.17) is 9.47 Å². The predicted octanol–water partition coefficient (Wildman–Crippen LogP) is 4.44. The number of benzene rings is 1. The van der Waals surface area contributed by atoms with Crippen LogP contribution in [0.2, 0.25) is 0 Å². The zero-order valence-corrected chi connectivity index (χ0v) is 18.3. The van der Waals surface area contributed by atoms with Crippen molar-refractivity contribution in [3.63, 3.8) is 0 Å². The first kappa shape index (κ1) is 19.9. The first-order chi connectivity index (χ1) is 15.0. The first-order valence-corrected chi connectivity index (χ1v) is 12.0. The van der Waals surface area contributed by atoms with Crippen LogP contribution in [0.4, 0.5) is 4.39 Å². The third kappa shape index (κ3) is 3.36. The summed E-state index contributed by atoms with van der Waals surface area (Å²) in [5.74, 6) is 0.686. The summed E-state index contributed by atoms with van der Waals surface area (Å²) >= 11 is 0. The van der Waals surface area contributed by atoms with Gasteiger partial charge >= 0.3 is 5.97 Å². The average molecular weight is 426 g/mol. The number of ether oxygens (including phenoxy) is 2. The molecule has 2 saturated heterocycles. The number of epoxide rings is 1. The summed E-state index contributed by atoms with van der Waals surface area (Å²) in [6.45, 7) is 5.86. The van der Waals surface area contributed by atoms with E-state index in [0.717, 1.165) is 51.1 Å². The maximum Gasteiger partial charge on any atom is 0.310 e. The van der Waals surface area contributed by atoms with Crippen LogP contribution in [0.5, 0.6) is 0 Å². The smallest absolute Gasteiger partial charge is 0.310 e. The zero-order chi connectivity index (χ0) is 21.2. The maximum atomic E-state index is 13.2. The molecule has 0 bridgehead atoms. The highest BCUT2D eigenvalue weighted by molar-refractivity contribution is 5.76. The van der Waals surface area contributed by atoms with Gasteiger partial charge in [0.15, 0.2) is 0 Å². The molecule has 6 atom stereocenters. The Balaban J connectivity index is 1.15. The summed E-state index contributed by atoms with van der Waals surface area (Å²) in [5, 5.41) is 0. The van der Waals surface area contributed by atoms with Crippen LogP contribution < -0.4 is 0 Å². The minimum absolute atomic E-state index is 0.0105. The van der Waals surface area contributed by atoms with Gasteiger partial charge in [-0.15, -0.1) is 0 Å². The number of hydrogen-bond donors (Lipinski definition) is 0. The normalized spacial score (nSPS) is 42.0. The molecular weight excluding hydrogens is 393 g/mol. The van der Waals surface area contributed by atoms with E-state index in [-0.39, 0.29) is 34.8 Å². The van der Waals surface area contributed by atoms with Crippen molar-refractivity contribution in [2.24, 2.45) is 23.2 Å². The van der Waals surface area contributed by atoms with Gasteiger partial charge in [0.25, 0.3) is 0 Å². The molecule has 31 heavy (non-hydrogen) atoms. The van der Waals surface area contributed by atoms with Gasteiger partial charge in [-0.1, -0.05) is 25.1 Å². The Morgan fingerprint density at radius 2 is 2.03 bits per heavy atom. The van der Waals surface area contributed by atoms with Crippen molar-refractivity contribution in [2.45, 2.75) is 57.2 Å². The van der Waals surface area contributed by atoms with Gasteiger partial charge in [0.05, 0.1) is 18.1 Å². The van der Waals surface area contributed by atoms with Crippen LogP contribution in [-0.4, -0.2) is 48.8 Å². The number of hydrogen-bond acceptors (Lipinski definition) is 4. The molecule has 6 rings (SSSR count). The monoisotopic (exact) mass is 425 g/mol. The molecule has 4 fully saturated rings. The maximum absolute atomic E-state index is 13.2. The Bertz CT molecular complexity index is 908. The van der Waals surface area contributed by atoms with E-state index >= 15 is 0 Å². The number of fused-ring (bicyclic) bond motifs is 3. The van der Waals surface area contributed by atoms with E-state index in [9.17, 15) is 9.18 Å². The molecule has 0 unspecified atom stereocenters.